The van der Waals surface area contributed by atoms with Crippen molar-refractivity contribution in [3.63, 3.8) is 0 Å². The second kappa shape index (κ2) is 8.47. The monoisotopic (exact) mass is 415 g/mol. The molecular weight excluding hydrogens is 392 g/mol. The molecule has 0 fully saturated rings. The minimum atomic E-state index is 0.201. The molecule has 0 bridgehead atoms. The summed E-state index contributed by atoms with van der Waals surface area (Å²) in [7, 11) is 0. The highest BCUT2D eigenvalue weighted by Crippen LogP contribution is 2.23. The molecule has 26 heavy (non-hydrogen) atoms. The van der Waals surface area contributed by atoms with Crippen LogP contribution >= 0.6 is 15.9 Å². The molecule has 3 rings (SSSR count). The number of likely N-dealkylation sites (N-methyl/N-ethyl adjacent to an activating group) is 1. The average Bonchev–Trinajstić information content (AvgIpc) is 3.01. The Labute approximate surface area is 162 Å². The lowest BCUT2D eigenvalue weighted by Gasteiger charge is -2.16. The van der Waals surface area contributed by atoms with Crippen LogP contribution in [0.3, 0.4) is 0 Å². The van der Waals surface area contributed by atoms with Crippen molar-refractivity contribution in [3.8, 4) is 5.75 Å². The van der Waals surface area contributed by atoms with Crippen molar-refractivity contribution in [1.82, 2.24) is 9.55 Å². The zero-order chi connectivity index (χ0) is 18.5. The van der Waals surface area contributed by atoms with E-state index in [4.69, 9.17) is 0 Å². The van der Waals surface area contributed by atoms with Gasteiger partial charge in [0.05, 0.1) is 37.2 Å². The van der Waals surface area contributed by atoms with Gasteiger partial charge in [-0.1, -0.05) is 28.1 Å². The summed E-state index contributed by atoms with van der Waals surface area (Å²) in [5, 5.41) is 10.0. The van der Waals surface area contributed by atoms with Gasteiger partial charge in [0.1, 0.15) is 5.75 Å². The number of fused-ring (bicyclic) bond motifs is 1. The fourth-order valence-corrected chi connectivity index (χ4v) is 3.39. The van der Waals surface area contributed by atoms with Gasteiger partial charge in [-0.25, -0.2) is 9.98 Å². The normalized spacial score (nSPS) is 11.8. The Hall–Kier alpha value is -2.18. The molecule has 0 amide bonds. The number of phenolic OH excluding ortho intramolecular Hbond substituents is 1. The summed E-state index contributed by atoms with van der Waals surface area (Å²) in [4.78, 5) is 10.8. The SMILES string of the molecule is CC[NH+](CC)CCn1c(/N=C/c2cc(Br)ccc2O)nc2ccccc21. The predicted molar refractivity (Wildman–Crippen MR) is 110 cm³/mol. The van der Waals surface area contributed by atoms with Gasteiger partial charge in [0.2, 0.25) is 5.95 Å². The van der Waals surface area contributed by atoms with Gasteiger partial charge in [0.15, 0.2) is 0 Å². The van der Waals surface area contributed by atoms with Crippen LogP contribution in [0.2, 0.25) is 0 Å². The quantitative estimate of drug-likeness (QED) is 0.582. The summed E-state index contributed by atoms with van der Waals surface area (Å²) in [5.41, 5.74) is 2.68. The van der Waals surface area contributed by atoms with Gasteiger partial charge < -0.3 is 14.6 Å². The van der Waals surface area contributed by atoms with E-state index in [2.05, 4.69) is 50.4 Å². The van der Waals surface area contributed by atoms with Gasteiger partial charge in [-0.2, -0.15) is 0 Å². The Morgan fingerprint density at radius 2 is 1.96 bits per heavy atom. The number of hydrogen-bond donors (Lipinski definition) is 2. The van der Waals surface area contributed by atoms with E-state index in [1.807, 2.05) is 24.3 Å². The number of quaternary nitrogens is 1. The number of phenols is 1. The highest BCUT2D eigenvalue weighted by Gasteiger charge is 2.12. The molecule has 1 aromatic heterocycles. The fourth-order valence-electron chi connectivity index (χ4n) is 3.01. The molecule has 0 aliphatic rings. The number of aromatic nitrogens is 2. The van der Waals surface area contributed by atoms with Crippen molar-refractivity contribution in [2.24, 2.45) is 4.99 Å². The van der Waals surface area contributed by atoms with Crippen molar-refractivity contribution in [2.75, 3.05) is 19.6 Å². The van der Waals surface area contributed by atoms with Crippen LogP contribution in [-0.2, 0) is 6.54 Å². The first-order valence-electron chi connectivity index (χ1n) is 8.93. The Morgan fingerprint density at radius 1 is 1.19 bits per heavy atom. The van der Waals surface area contributed by atoms with Crippen LogP contribution in [0.1, 0.15) is 19.4 Å². The number of hydrogen-bond acceptors (Lipinski definition) is 3. The second-order valence-electron chi connectivity index (χ2n) is 6.22. The van der Waals surface area contributed by atoms with Gasteiger partial charge in [0, 0.05) is 16.3 Å². The number of benzene rings is 2. The number of aromatic hydroxyl groups is 1. The Bertz CT molecular complexity index is 915. The molecule has 0 unspecified atom stereocenters. The van der Waals surface area contributed by atoms with Gasteiger partial charge in [-0.3, -0.25) is 0 Å². The molecule has 0 spiro atoms. The third kappa shape index (κ3) is 4.14. The number of halogens is 1. The summed E-state index contributed by atoms with van der Waals surface area (Å²) in [6.45, 7) is 8.51. The van der Waals surface area contributed by atoms with Crippen LogP contribution in [-0.4, -0.2) is 40.5 Å². The first-order valence-corrected chi connectivity index (χ1v) is 9.73. The standard InChI is InChI=1S/C20H23BrN4O/c1-3-24(4-2)11-12-25-18-8-6-5-7-17(18)23-20(25)22-14-15-13-16(21)9-10-19(15)26/h5-10,13-14,26H,3-4,11-12H2,1-2H3/p+1/b22-14+. The van der Waals surface area contributed by atoms with Crippen LogP contribution in [0.15, 0.2) is 51.9 Å². The lowest BCUT2D eigenvalue weighted by molar-refractivity contribution is -0.897. The van der Waals surface area contributed by atoms with Gasteiger partial charge in [-0.15, -0.1) is 0 Å². The molecule has 0 atom stereocenters. The smallest absolute Gasteiger partial charge is 0.230 e. The zero-order valence-corrected chi connectivity index (χ0v) is 16.7. The number of aliphatic imine (C=N–C) groups is 1. The third-order valence-electron chi connectivity index (χ3n) is 4.63. The van der Waals surface area contributed by atoms with Crippen molar-refractivity contribution in [1.29, 1.82) is 0 Å². The number of imidazole rings is 1. The maximum atomic E-state index is 10.0. The summed E-state index contributed by atoms with van der Waals surface area (Å²) in [5.74, 6) is 0.865. The van der Waals surface area contributed by atoms with Crippen molar-refractivity contribution >= 4 is 39.1 Å². The topological polar surface area (TPSA) is 54.9 Å². The second-order valence-corrected chi connectivity index (χ2v) is 7.14. The highest BCUT2D eigenvalue weighted by molar-refractivity contribution is 9.10. The lowest BCUT2D eigenvalue weighted by Crippen LogP contribution is -3.11. The van der Waals surface area contributed by atoms with E-state index in [1.54, 1.807) is 23.2 Å². The number of nitrogens with one attached hydrogen (secondary N) is 1. The number of rotatable bonds is 7. The molecule has 5 nitrogen and oxygen atoms in total. The molecule has 0 aliphatic heterocycles. The first-order chi connectivity index (χ1) is 12.6. The first kappa shape index (κ1) is 18.6. The molecular formula is C20H24BrN4O+. The van der Waals surface area contributed by atoms with Crippen LogP contribution in [0.4, 0.5) is 5.95 Å². The number of nitrogens with zero attached hydrogens (tertiary/aromatic N) is 3. The Morgan fingerprint density at radius 3 is 2.73 bits per heavy atom. The number of para-hydroxylation sites is 2. The van der Waals surface area contributed by atoms with E-state index in [0.29, 0.717) is 11.5 Å². The largest absolute Gasteiger partial charge is 0.507 e. The average molecular weight is 416 g/mol. The predicted octanol–water partition coefficient (Wildman–Crippen LogP) is 3.18. The molecule has 6 heteroatoms. The summed E-state index contributed by atoms with van der Waals surface area (Å²) in [6, 6.07) is 13.4. The molecule has 0 saturated heterocycles. The summed E-state index contributed by atoms with van der Waals surface area (Å²) >= 11 is 3.43. The van der Waals surface area contributed by atoms with Crippen molar-refractivity contribution in [2.45, 2.75) is 20.4 Å². The van der Waals surface area contributed by atoms with Crippen LogP contribution in [0, 0.1) is 0 Å². The molecule has 1 heterocycles. The Balaban J connectivity index is 1.95. The fraction of sp³-hybridized carbons (Fsp3) is 0.300. The van der Waals surface area contributed by atoms with Crippen LogP contribution in [0.5, 0.6) is 5.75 Å². The van der Waals surface area contributed by atoms with E-state index in [9.17, 15) is 5.11 Å². The maximum Gasteiger partial charge on any atom is 0.230 e. The van der Waals surface area contributed by atoms with Crippen LogP contribution < -0.4 is 4.90 Å². The van der Waals surface area contributed by atoms with E-state index in [0.717, 1.165) is 41.7 Å². The minimum Gasteiger partial charge on any atom is -0.507 e. The maximum absolute atomic E-state index is 10.0. The van der Waals surface area contributed by atoms with E-state index < -0.39 is 0 Å². The molecule has 2 N–H and O–H groups in total. The summed E-state index contributed by atoms with van der Waals surface area (Å²) in [6.07, 6.45) is 1.67. The highest BCUT2D eigenvalue weighted by atomic mass is 79.9. The molecule has 2 aromatic carbocycles. The third-order valence-corrected chi connectivity index (χ3v) is 5.13. The van der Waals surface area contributed by atoms with Crippen molar-refractivity contribution < 1.29 is 10.0 Å². The molecule has 0 saturated carbocycles. The van der Waals surface area contributed by atoms with E-state index in [1.165, 1.54) is 0 Å². The van der Waals surface area contributed by atoms with Crippen molar-refractivity contribution in [3.05, 3.63) is 52.5 Å². The van der Waals surface area contributed by atoms with Crippen LogP contribution in [0.25, 0.3) is 11.0 Å². The molecule has 0 radical (unpaired) electrons. The van der Waals surface area contributed by atoms with Gasteiger partial charge >= 0.3 is 0 Å². The molecule has 3 aromatic rings. The Kier molecular flexibility index (Phi) is 6.06. The van der Waals surface area contributed by atoms with E-state index >= 15 is 0 Å². The molecule has 136 valence electrons. The molecule has 0 aliphatic carbocycles. The van der Waals surface area contributed by atoms with Gasteiger partial charge in [-0.05, 0) is 44.2 Å². The van der Waals surface area contributed by atoms with E-state index in [-0.39, 0.29) is 5.75 Å². The van der Waals surface area contributed by atoms with Gasteiger partial charge in [0.25, 0.3) is 0 Å². The lowest BCUT2D eigenvalue weighted by atomic mass is 10.2. The summed E-state index contributed by atoms with van der Waals surface area (Å²) < 4.78 is 3.06. The minimum absolute atomic E-state index is 0.201. The zero-order valence-electron chi connectivity index (χ0n) is 15.1.